The number of hydrogen-bond donors (Lipinski definition) is 1. The number of nitrogens with zero attached hydrogens (tertiary/aromatic N) is 1. The summed E-state index contributed by atoms with van der Waals surface area (Å²) in [5, 5.41) is 0. The second kappa shape index (κ2) is 9.62. The molecule has 0 fully saturated rings. The second-order valence-electron chi connectivity index (χ2n) is 5.17. The molecule has 19 heavy (non-hydrogen) atoms. The van der Waals surface area contributed by atoms with Crippen LogP contribution in [-0.2, 0) is 0 Å². The van der Waals surface area contributed by atoms with Gasteiger partial charge in [0.1, 0.15) is 0 Å². The fourth-order valence-corrected chi connectivity index (χ4v) is 2.05. The molecule has 0 bridgehead atoms. The Hall–Kier alpha value is -1.28. The largest absolute Gasteiger partial charge is 0.377 e. The monoisotopic (exact) mass is 262 g/mol. The van der Waals surface area contributed by atoms with Gasteiger partial charge in [-0.1, -0.05) is 31.2 Å². The fraction of sp³-hybridized carbons (Fsp3) is 0.529. The molecule has 0 saturated heterocycles. The van der Waals surface area contributed by atoms with Crippen molar-refractivity contribution >= 4 is 0 Å². The Balaban J connectivity index is 4.46. The molecule has 0 aliphatic heterocycles. The number of nitrogens with two attached hydrogens (primary N) is 1. The lowest BCUT2D eigenvalue weighted by atomic mass is 9.89. The van der Waals surface area contributed by atoms with Crippen LogP contribution < -0.4 is 5.73 Å². The van der Waals surface area contributed by atoms with Crippen LogP contribution in [0.2, 0.25) is 0 Å². The summed E-state index contributed by atoms with van der Waals surface area (Å²) in [7, 11) is 2.09. The minimum absolute atomic E-state index is 0.161. The third-order valence-electron chi connectivity index (χ3n) is 3.57. The molecular weight excluding hydrogens is 232 g/mol. The van der Waals surface area contributed by atoms with Crippen molar-refractivity contribution in [1.82, 2.24) is 4.90 Å². The first-order valence-electron chi connectivity index (χ1n) is 7.03. The Morgan fingerprint density at radius 1 is 1.11 bits per heavy atom. The predicted octanol–water partition coefficient (Wildman–Crippen LogP) is 4.03. The Morgan fingerprint density at radius 3 is 2.11 bits per heavy atom. The quantitative estimate of drug-likeness (QED) is 0.570. The van der Waals surface area contributed by atoms with E-state index in [9.17, 15) is 0 Å². The zero-order valence-electron chi connectivity index (χ0n) is 12.6. The maximum Gasteiger partial charge on any atom is 0.0349 e. The minimum atomic E-state index is -0.161. The van der Waals surface area contributed by atoms with Crippen LogP contribution in [0.15, 0.2) is 50.2 Å². The molecule has 0 heterocycles. The Labute approximate surface area is 119 Å². The molecule has 2 N–H and O–H groups in total. The topological polar surface area (TPSA) is 29.3 Å². The van der Waals surface area contributed by atoms with Crippen molar-refractivity contribution in [2.75, 3.05) is 7.05 Å². The van der Waals surface area contributed by atoms with E-state index in [2.05, 4.69) is 50.9 Å². The Bertz CT molecular complexity index is 296. The standard InChI is InChI=1S/C17H30N2/c1-6-11-16(12-7-2)19(5)15-10-14-17(18,9-4)13-8-3/h6-8,10,15-16H,1-3,9,11-14,18H2,4-5H3/b15-10+. The smallest absolute Gasteiger partial charge is 0.0349 e. The number of rotatable bonds is 11. The molecule has 0 radical (unpaired) electrons. The average Bonchev–Trinajstić information content (AvgIpc) is 2.38. The van der Waals surface area contributed by atoms with Gasteiger partial charge in [-0.3, -0.25) is 0 Å². The van der Waals surface area contributed by atoms with E-state index in [1.165, 1.54) is 0 Å². The molecule has 2 heteroatoms. The first-order chi connectivity index (χ1) is 9.02. The van der Waals surface area contributed by atoms with Crippen LogP contribution in [0.25, 0.3) is 0 Å². The van der Waals surface area contributed by atoms with Crippen molar-refractivity contribution < 1.29 is 0 Å². The summed E-state index contributed by atoms with van der Waals surface area (Å²) in [6.07, 6.45) is 14.7. The minimum Gasteiger partial charge on any atom is -0.377 e. The van der Waals surface area contributed by atoms with Crippen LogP contribution in [0, 0.1) is 0 Å². The van der Waals surface area contributed by atoms with Crippen molar-refractivity contribution in [1.29, 1.82) is 0 Å². The van der Waals surface area contributed by atoms with Crippen LogP contribution in [-0.4, -0.2) is 23.5 Å². The van der Waals surface area contributed by atoms with E-state index in [1.54, 1.807) is 0 Å². The van der Waals surface area contributed by atoms with E-state index in [-0.39, 0.29) is 5.54 Å². The van der Waals surface area contributed by atoms with Crippen molar-refractivity contribution in [3.63, 3.8) is 0 Å². The molecule has 0 amide bonds. The SMILES string of the molecule is C=CCC(CC=C)N(C)/C=C/CC(N)(CC)CC=C. The van der Waals surface area contributed by atoms with Crippen LogP contribution in [0.3, 0.4) is 0 Å². The van der Waals surface area contributed by atoms with Gasteiger partial charge in [-0.25, -0.2) is 0 Å². The third-order valence-corrected chi connectivity index (χ3v) is 3.57. The molecule has 0 aromatic rings. The van der Waals surface area contributed by atoms with Gasteiger partial charge in [-0.2, -0.15) is 0 Å². The van der Waals surface area contributed by atoms with Crippen LogP contribution in [0.5, 0.6) is 0 Å². The average molecular weight is 262 g/mol. The van der Waals surface area contributed by atoms with E-state index < -0.39 is 0 Å². The molecule has 1 unspecified atom stereocenters. The molecule has 1 atom stereocenters. The highest BCUT2D eigenvalue weighted by atomic mass is 15.1. The fourth-order valence-electron chi connectivity index (χ4n) is 2.05. The maximum atomic E-state index is 6.31. The van der Waals surface area contributed by atoms with E-state index in [0.29, 0.717) is 6.04 Å². The van der Waals surface area contributed by atoms with Crippen LogP contribution >= 0.6 is 0 Å². The molecule has 0 spiro atoms. The molecular formula is C17H30N2. The second-order valence-corrected chi connectivity index (χ2v) is 5.17. The summed E-state index contributed by atoms with van der Waals surface area (Å²) in [5.41, 5.74) is 6.15. The zero-order chi connectivity index (χ0) is 14.7. The van der Waals surface area contributed by atoms with Gasteiger partial charge < -0.3 is 10.6 Å². The lowest BCUT2D eigenvalue weighted by Crippen LogP contribution is -2.38. The summed E-state index contributed by atoms with van der Waals surface area (Å²) in [4.78, 5) is 2.22. The van der Waals surface area contributed by atoms with Gasteiger partial charge in [0, 0.05) is 18.6 Å². The molecule has 0 aliphatic rings. The highest BCUT2D eigenvalue weighted by Gasteiger charge is 2.19. The Morgan fingerprint density at radius 2 is 1.68 bits per heavy atom. The van der Waals surface area contributed by atoms with Crippen LogP contribution in [0.4, 0.5) is 0 Å². The van der Waals surface area contributed by atoms with Crippen molar-refractivity contribution in [2.45, 2.75) is 50.6 Å². The molecule has 0 aromatic heterocycles. The van der Waals surface area contributed by atoms with Gasteiger partial charge in [-0.05, 0) is 38.3 Å². The molecule has 108 valence electrons. The normalized spacial score (nSPS) is 14.3. The summed E-state index contributed by atoms with van der Waals surface area (Å²) >= 11 is 0. The molecule has 0 rings (SSSR count). The lowest BCUT2D eigenvalue weighted by molar-refractivity contribution is 0.329. The van der Waals surface area contributed by atoms with Gasteiger partial charge in [0.2, 0.25) is 0 Å². The zero-order valence-corrected chi connectivity index (χ0v) is 12.6. The summed E-state index contributed by atoms with van der Waals surface area (Å²) in [6.45, 7) is 13.5. The van der Waals surface area contributed by atoms with Crippen molar-refractivity contribution in [2.24, 2.45) is 5.73 Å². The molecule has 0 aromatic carbocycles. The molecule has 0 saturated carbocycles. The van der Waals surface area contributed by atoms with Crippen LogP contribution in [0.1, 0.15) is 39.0 Å². The predicted molar refractivity (Wildman–Crippen MR) is 87.0 cm³/mol. The summed E-state index contributed by atoms with van der Waals surface area (Å²) in [5.74, 6) is 0. The van der Waals surface area contributed by atoms with E-state index in [0.717, 1.165) is 32.1 Å². The van der Waals surface area contributed by atoms with Crippen molar-refractivity contribution in [3.8, 4) is 0 Å². The summed E-state index contributed by atoms with van der Waals surface area (Å²) in [6, 6.07) is 0.430. The summed E-state index contributed by atoms with van der Waals surface area (Å²) < 4.78 is 0. The van der Waals surface area contributed by atoms with E-state index in [4.69, 9.17) is 5.73 Å². The van der Waals surface area contributed by atoms with E-state index >= 15 is 0 Å². The maximum absolute atomic E-state index is 6.31. The van der Waals surface area contributed by atoms with E-state index in [1.807, 2.05) is 18.2 Å². The molecule has 0 aliphatic carbocycles. The van der Waals surface area contributed by atoms with Gasteiger partial charge in [0.25, 0.3) is 0 Å². The van der Waals surface area contributed by atoms with Gasteiger partial charge in [-0.15, -0.1) is 19.7 Å². The highest BCUT2D eigenvalue weighted by Crippen LogP contribution is 2.18. The van der Waals surface area contributed by atoms with Gasteiger partial charge in [0.05, 0.1) is 0 Å². The Kier molecular flexibility index (Phi) is 8.98. The van der Waals surface area contributed by atoms with Gasteiger partial charge in [0.15, 0.2) is 0 Å². The highest BCUT2D eigenvalue weighted by molar-refractivity contribution is 4.98. The number of hydrogen-bond acceptors (Lipinski definition) is 2. The lowest BCUT2D eigenvalue weighted by Gasteiger charge is -2.27. The molecule has 2 nitrogen and oxygen atoms in total. The first kappa shape index (κ1) is 17.7. The van der Waals surface area contributed by atoms with Crippen molar-refractivity contribution in [3.05, 3.63) is 50.2 Å². The van der Waals surface area contributed by atoms with Gasteiger partial charge >= 0.3 is 0 Å². The third kappa shape index (κ3) is 7.02. The first-order valence-corrected chi connectivity index (χ1v) is 7.03.